The normalized spacial score (nSPS) is 24.3. The lowest BCUT2D eigenvalue weighted by atomic mass is 10.2. The third-order valence-electron chi connectivity index (χ3n) is 2.21. The highest BCUT2D eigenvalue weighted by Gasteiger charge is 2.46. The van der Waals surface area contributed by atoms with E-state index in [-0.39, 0.29) is 17.4 Å². The molecule has 1 rings (SSSR count). The second kappa shape index (κ2) is 3.20. The van der Waals surface area contributed by atoms with Gasteiger partial charge in [0, 0.05) is 18.2 Å². The molecule has 0 spiro atoms. The molecule has 0 saturated heterocycles. The predicted octanol–water partition coefficient (Wildman–Crippen LogP) is 0.542. The molecule has 1 aliphatic rings. The Morgan fingerprint density at radius 2 is 2.00 bits per heavy atom. The van der Waals surface area contributed by atoms with Gasteiger partial charge < -0.3 is 10.4 Å². The highest BCUT2D eigenvalue weighted by Crippen LogP contribution is 2.44. The molecule has 1 unspecified atom stereocenters. The van der Waals surface area contributed by atoms with Gasteiger partial charge in [-0.05, 0) is 11.8 Å². The van der Waals surface area contributed by atoms with Crippen LogP contribution in [0.4, 0.5) is 0 Å². The molecule has 1 saturated carbocycles. The summed E-state index contributed by atoms with van der Waals surface area (Å²) in [4.78, 5) is 21.1. The smallest absolute Gasteiger partial charge is 0.328 e. The summed E-state index contributed by atoms with van der Waals surface area (Å²) in [5.74, 6) is -1.44. The zero-order chi connectivity index (χ0) is 10.1. The molecule has 1 atom stereocenters. The Morgan fingerprint density at radius 1 is 1.46 bits per heavy atom. The average Bonchev–Trinajstić information content (AvgIpc) is 2.54. The first-order valence-corrected chi connectivity index (χ1v) is 4.13. The number of hydrogen-bond donors (Lipinski definition) is 2. The van der Waals surface area contributed by atoms with Crippen molar-refractivity contribution in [1.29, 1.82) is 0 Å². The molecule has 2 N–H and O–H groups in total. The standard InChI is InChI=1S/C9H13NO3/c1-9(2)5-6(9)10-7(11)3-4-8(12)13/h3-4,6H,5H2,1-2H3,(H,10,11)(H,12,13)/b4-3+. The molecule has 0 heterocycles. The Bertz CT molecular complexity index is 268. The van der Waals surface area contributed by atoms with Gasteiger partial charge in [-0.25, -0.2) is 4.79 Å². The van der Waals surface area contributed by atoms with Crippen molar-refractivity contribution in [2.75, 3.05) is 0 Å². The van der Waals surface area contributed by atoms with Crippen molar-refractivity contribution in [2.24, 2.45) is 5.41 Å². The number of hydrogen-bond acceptors (Lipinski definition) is 2. The summed E-state index contributed by atoms with van der Waals surface area (Å²) in [5.41, 5.74) is 0.173. The van der Waals surface area contributed by atoms with Gasteiger partial charge >= 0.3 is 5.97 Å². The van der Waals surface area contributed by atoms with Crippen molar-refractivity contribution < 1.29 is 14.7 Å². The van der Waals surface area contributed by atoms with Crippen LogP contribution in [-0.2, 0) is 9.59 Å². The van der Waals surface area contributed by atoms with E-state index in [0.29, 0.717) is 0 Å². The second-order valence-electron chi connectivity index (χ2n) is 3.93. The maximum atomic E-state index is 11.0. The summed E-state index contributed by atoms with van der Waals surface area (Å²) in [6.45, 7) is 4.11. The van der Waals surface area contributed by atoms with Crippen LogP contribution in [0.2, 0.25) is 0 Å². The highest BCUT2D eigenvalue weighted by molar-refractivity contribution is 5.94. The van der Waals surface area contributed by atoms with Crippen molar-refractivity contribution in [3.63, 3.8) is 0 Å². The Labute approximate surface area is 76.6 Å². The average molecular weight is 183 g/mol. The zero-order valence-electron chi connectivity index (χ0n) is 7.70. The van der Waals surface area contributed by atoms with Crippen molar-refractivity contribution in [3.8, 4) is 0 Å². The Kier molecular flexibility index (Phi) is 2.40. The van der Waals surface area contributed by atoms with Crippen molar-refractivity contribution in [3.05, 3.63) is 12.2 Å². The van der Waals surface area contributed by atoms with Crippen LogP contribution in [-0.4, -0.2) is 23.0 Å². The van der Waals surface area contributed by atoms with Crippen LogP contribution in [0.25, 0.3) is 0 Å². The summed E-state index contributed by atoms with van der Waals surface area (Å²) in [6, 6.07) is 0.193. The van der Waals surface area contributed by atoms with E-state index in [9.17, 15) is 9.59 Å². The lowest BCUT2D eigenvalue weighted by Gasteiger charge is -2.02. The van der Waals surface area contributed by atoms with Crippen LogP contribution in [0.3, 0.4) is 0 Å². The van der Waals surface area contributed by atoms with Crippen LogP contribution in [0.15, 0.2) is 12.2 Å². The molecule has 1 aliphatic carbocycles. The minimum absolute atomic E-state index is 0.173. The molecule has 1 amide bonds. The number of aliphatic carboxylic acids is 1. The number of carbonyl (C=O) groups excluding carboxylic acids is 1. The van der Waals surface area contributed by atoms with Gasteiger partial charge in [0.25, 0.3) is 0 Å². The lowest BCUT2D eigenvalue weighted by molar-refractivity contribution is -0.131. The van der Waals surface area contributed by atoms with Crippen LogP contribution in [0, 0.1) is 5.41 Å². The van der Waals surface area contributed by atoms with Crippen LogP contribution < -0.4 is 5.32 Å². The van der Waals surface area contributed by atoms with E-state index in [1.54, 1.807) is 0 Å². The lowest BCUT2D eigenvalue weighted by Crippen LogP contribution is -2.26. The zero-order valence-corrected chi connectivity index (χ0v) is 7.70. The monoisotopic (exact) mass is 183 g/mol. The minimum Gasteiger partial charge on any atom is -0.478 e. The molecular formula is C9H13NO3. The molecule has 72 valence electrons. The summed E-state index contributed by atoms with van der Waals surface area (Å²) in [7, 11) is 0. The maximum Gasteiger partial charge on any atom is 0.328 e. The molecule has 0 aromatic rings. The van der Waals surface area contributed by atoms with Crippen molar-refractivity contribution in [2.45, 2.75) is 26.3 Å². The van der Waals surface area contributed by atoms with Gasteiger partial charge in [0.15, 0.2) is 0 Å². The first-order chi connectivity index (χ1) is 5.92. The van der Waals surface area contributed by atoms with Gasteiger partial charge in [-0.15, -0.1) is 0 Å². The van der Waals surface area contributed by atoms with Gasteiger partial charge in [0.1, 0.15) is 0 Å². The van der Waals surface area contributed by atoms with E-state index in [4.69, 9.17) is 5.11 Å². The number of rotatable bonds is 3. The van der Waals surface area contributed by atoms with Gasteiger partial charge in [-0.2, -0.15) is 0 Å². The number of carboxylic acids is 1. The third-order valence-corrected chi connectivity index (χ3v) is 2.21. The van der Waals surface area contributed by atoms with Crippen molar-refractivity contribution >= 4 is 11.9 Å². The SMILES string of the molecule is CC1(C)CC1NC(=O)/C=C/C(=O)O. The summed E-state index contributed by atoms with van der Waals surface area (Å²) < 4.78 is 0. The largest absolute Gasteiger partial charge is 0.478 e. The molecular weight excluding hydrogens is 170 g/mol. The van der Waals surface area contributed by atoms with Gasteiger partial charge in [-0.3, -0.25) is 4.79 Å². The van der Waals surface area contributed by atoms with E-state index < -0.39 is 5.97 Å². The van der Waals surface area contributed by atoms with E-state index in [0.717, 1.165) is 18.6 Å². The van der Waals surface area contributed by atoms with E-state index in [2.05, 4.69) is 19.2 Å². The maximum absolute atomic E-state index is 11.0. The molecule has 0 aliphatic heterocycles. The van der Waals surface area contributed by atoms with Gasteiger partial charge in [0.2, 0.25) is 5.91 Å². The molecule has 0 aromatic carbocycles. The molecule has 1 fully saturated rings. The summed E-state index contributed by atoms with van der Waals surface area (Å²) in [5, 5.41) is 11.0. The second-order valence-corrected chi connectivity index (χ2v) is 3.93. The molecule has 4 nitrogen and oxygen atoms in total. The van der Waals surface area contributed by atoms with E-state index in [1.165, 1.54) is 0 Å². The Balaban J connectivity index is 2.31. The van der Waals surface area contributed by atoms with Crippen LogP contribution in [0.1, 0.15) is 20.3 Å². The van der Waals surface area contributed by atoms with Gasteiger partial charge in [0.05, 0.1) is 0 Å². The minimum atomic E-state index is -1.11. The molecule has 4 heteroatoms. The van der Waals surface area contributed by atoms with E-state index in [1.807, 2.05) is 0 Å². The summed E-state index contributed by atoms with van der Waals surface area (Å²) in [6.07, 6.45) is 2.83. The van der Waals surface area contributed by atoms with E-state index >= 15 is 0 Å². The molecule has 13 heavy (non-hydrogen) atoms. The third kappa shape index (κ3) is 2.89. The van der Waals surface area contributed by atoms with Crippen molar-refractivity contribution in [1.82, 2.24) is 5.32 Å². The first-order valence-electron chi connectivity index (χ1n) is 4.13. The number of carbonyl (C=O) groups is 2. The summed E-state index contributed by atoms with van der Waals surface area (Å²) >= 11 is 0. The van der Waals surface area contributed by atoms with Crippen LogP contribution in [0.5, 0.6) is 0 Å². The number of nitrogens with one attached hydrogen (secondary N) is 1. The molecule has 0 aromatic heterocycles. The fourth-order valence-electron chi connectivity index (χ4n) is 1.08. The Morgan fingerprint density at radius 3 is 2.38 bits per heavy atom. The highest BCUT2D eigenvalue weighted by atomic mass is 16.4. The predicted molar refractivity (Wildman–Crippen MR) is 47.1 cm³/mol. The molecule has 0 bridgehead atoms. The quantitative estimate of drug-likeness (QED) is 0.627. The first kappa shape index (κ1) is 9.77. The van der Waals surface area contributed by atoms with Gasteiger partial charge in [-0.1, -0.05) is 13.8 Å². The number of carboxylic acid groups (broad SMARTS) is 1. The van der Waals surface area contributed by atoms with Crippen LogP contribution >= 0.6 is 0 Å². The number of amides is 1. The Hall–Kier alpha value is -1.32. The molecule has 0 radical (unpaired) electrons. The fourth-order valence-corrected chi connectivity index (χ4v) is 1.08. The fraction of sp³-hybridized carbons (Fsp3) is 0.556. The topological polar surface area (TPSA) is 66.4 Å².